The summed E-state index contributed by atoms with van der Waals surface area (Å²) in [6.45, 7) is 2.61. The van der Waals surface area contributed by atoms with Crippen molar-refractivity contribution in [1.29, 1.82) is 0 Å². The zero-order valence-electron chi connectivity index (χ0n) is 21.9. The number of ether oxygens (including phenoxy) is 1. The summed E-state index contributed by atoms with van der Waals surface area (Å²) in [5.74, 6) is -0.0566. The highest BCUT2D eigenvalue weighted by atomic mass is 35.5. The molecule has 0 unspecified atom stereocenters. The minimum absolute atomic E-state index is 0.0267. The number of oxazole rings is 1. The number of carboxylic acid groups (broad SMARTS) is 1. The number of carbonyl (C=O) groups is 1. The lowest BCUT2D eigenvalue weighted by Gasteiger charge is -2.31. The Balaban J connectivity index is 1.16. The number of rotatable bonds is 9. The maximum atomic E-state index is 14.2. The van der Waals surface area contributed by atoms with E-state index in [1.165, 1.54) is 12.5 Å². The quantitative estimate of drug-likeness (QED) is 0.249. The lowest BCUT2D eigenvalue weighted by atomic mass is 9.93. The molecule has 0 radical (unpaired) electrons. The summed E-state index contributed by atoms with van der Waals surface area (Å²) < 4.78 is 27.3. The molecular weight excluding hydrogens is 551 g/mol. The normalized spacial score (nSPS) is 14.5. The molecule has 1 aliphatic rings. The molecule has 1 fully saturated rings. The van der Waals surface area contributed by atoms with Gasteiger partial charge in [0, 0.05) is 28.9 Å². The largest absolute Gasteiger partial charge is 0.478 e. The highest BCUT2D eigenvalue weighted by Crippen LogP contribution is 2.33. The van der Waals surface area contributed by atoms with Gasteiger partial charge >= 0.3 is 5.97 Å². The maximum Gasteiger partial charge on any atom is 0.335 e. The predicted octanol–water partition coefficient (Wildman–Crippen LogP) is 5.31. The molecule has 0 spiro atoms. The fraction of sp³-hybridized carbons (Fsp3) is 0.276. The third kappa shape index (κ3) is 5.91. The second-order valence-corrected chi connectivity index (χ2v) is 10.4. The molecule has 4 heterocycles. The molecule has 0 amide bonds. The first-order valence-corrected chi connectivity index (χ1v) is 13.5. The second kappa shape index (κ2) is 11.6. The number of imidazole rings is 1. The van der Waals surface area contributed by atoms with Crippen molar-refractivity contribution in [3.05, 3.63) is 101 Å². The average molecular weight is 577 g/mol. The van der Waals surface area contributed by atoms with Crippen LogP contribution in [0.1, 0.15) is 51.9 Å². The highest BCUT2D eigenvalue weighted by Gasteiger charge is 2.26. The molecule has 210 valence electrons. The van der Waals surface area contributed by atoms with Crippen LogP contribution in [0.4, 0.5) is 4.39 Å². The van der Waals surface area contributed by atoms with Crippen molar-refractivity contribution in [2.24, 2.45) is 0 Å². The van der Waals surface area contributed by atoms with E-state index in [9.17, 15) is 14.3 Å². The van der Waals surface area contributed by atoms with Crippen LogP contribution in [-0.4, -0.2) is 53.6 Å². The monoisotopic (exact) mass is 576 g/mol. The van der Waals surface area contributed by atoms with Gasteiger partial charge in [0.25, 0.3) is 0 Å². The number of aromatic carboxylic acids is 1. The third-order valence-electron chi connectivity index (χ3n) is 7.29. The first-order valence-electron chi connectivity index (χ1n) is 13.1. The van der Waals surface area contributed by atoms with Crippen molar-refractivity contribution >= 4 is 28.6 Å². The molecule has 1 N–H and O–H groups in total. The lowest BCUT2D eigenvalue weighted by Crippen LogP contribution is -2.33. The molecule has 6 rings (SSSR count). The third-order valence-corrected chi connectivity index (χ3v) is 7.52. The second-order valence-electron chi connectivity index (χ2n) is 9.92. The van der Waals surface area contributed by atoms with Gasteiger partial charge in [-0.25, -0.2) is 24.1 Å². The van der Waals surface area contributed by atoms with E-state index in [4.69, 9.17) is 25.7 Å². The van der Waals surface area contributed by atoms with Crippen molar-refractivity contribution in [1.82, 2.24) is 29.4 Å². The summed E-state index contributed by atoms with van der Waals surface area (Å²) >= 11 is 5.86. The number of nitrogens with zero attached hydrogens (tertiary/aromatic N) is 6. The summed E-state index contributed by atoms with van der Waals surface area (Å²) in [5.41, 5.74) is 3.54. The van der Waals surface area contributed by atoms with E-state index in [0.29, 0.717) is 29.6 Å². The standard InChI is InChI=1S/C29H26ClFN6O4/c30-21-3-1-20(23(31)12-21)15-41-28-27(32-7-8-33-28)18-5-9-36(10-6-18)14-26-35-24-4-2-19(29(38)39)11-25(24)37(26)13-22-16-40-17-34-22/h1-4,7-8,11-12,16-18H,5-6,9-10,13-15H2,(H,38,39). The van der Waals surface area contributed by atoms with Crippen molar-refractivity contribution in [2.45, 2.75) is 38.5 Å². The van der Waals surface area contributed by atoms with Crippen molar-refractivity contribution < 1.29 is 23.4 Å². The summed E-state index contributed by atoms with van der Waals surface area (Å²) in [6, 6.07) is 9.44. The van der Waals surface area contributed by atoms with Gasteiger partial charge in [-0.1, -0.05) is 17.7 Å². The minimum atomic E-state index is -0.990. The average Bonchev–Trinajstić information content (AvgIpc) is 3.61. The van der Waals surface area contributed by atoms with E-state index in [-0.39, 0.29) is 18.1 Å². The number of fused-ring (bicyclic) bond motifs is 1. The Bertz CT molecular complexity index is 1680. The van der Waals surface area contributed by atoms with E-state index in [2.05, 4.69) is 19.9 Å². The van der Waals surface area contributed by atoms with Crippen LogP contribution in [0.3, 0.4) is 0 Å². The first kappa shape index (κ1) is 26.9. The lowest BCUT2D eigenvalue weighted by molar-refractivity contribution is 0.0697. The number of piperidine rings is 1. The molecule has 0 atom stereocenters. The van der Waals surface area contributed by atoms with Crippen LogP contribution in [0.15, 0.2) is 65.9 Å². The number of hydrogen-bond acceptors (Lipinski definition) is 8. The molecule has 10 nitrogen and oxygen atoms in total. The molecule has 0 bridgehead atoms. The number of benzene rings is 2. The summed E-state index contributed by atoms with van der Waals surface area (Å²) in [5, 5.41) is 9.84. The van der Waals surface area contributed by atoms with E-state index < -0.39 is 11.8 Å². The molecule has 1 saturated heterocycles. The Hall–Kier alpha value is -4.35. The Morgan fingerprint density at radius 1 is 1.10 bits per heavy atom. The van der Waals surface area contributed by atoms with E-state index in [1.807, 2.05) is 4.57 Å². The van der Waals surface area contributed by atoms with Crippen LogP contribution in [0.2, 0.25) is 5.02 Å². The van der Waals surface area contributed by atoms with Crippen molar-refractivity contribution in [2.75, 3.05) is 13.1 Å². The minimum Gasteiger partial charge on any atom is -0.478 e. The topological polar surface area (TPSA) is 119 Å². The van der Waals surface area contributed by atoms with Gasteiger partial charge in [0.05, 0.1) is 35.4 Å². The van der Waals surface area contributed by atoms with Crippen LogP contribution in [0, 0.1) is 5.82 Å². The zero-order chi connectivity index (χ0) is 28.3. The van der Waals surface area contributed by atoms with Gasteiger partial charge in [0.15, 0.2) is 6.39 Å². The van der Waals surface area contributed by atoms with Crippen LogP contribution in [0.5, 0.6) is 5.88 Å². The van der Waals surface area contributed by atoms with Gasteiger partial charge in [0.2, 0.25) is 5.88 Å². The van der Waals surface area contributed by atoms with Gasteiger partial charge < -0.3 is 18.8 Å². The molecule has 0 saturated carbocycles. The van der Waals surface area contributed by atoms with Crippen molar-refractivity contribution in [3.8, 4) is 5.88 Å². The Kier molecular flexibility index (Phi) is 7.62. The number of hydrogen-bond donors (Lipinski definition) is 1. The van der Waals surface area contributed by atoms with Crippen LogP contribution >= 0.6 is 11.6 Å². The fourth-order valence-corrected chi connectivity index (χ4v) is 5.32. The molecule has 41 heavy (non-hydrogen) atoms. The summed E-state index contributed by atoms with van der Waals surface area (Å²) in [4.78, 5) is 31.9. The molecule has 0 aliphatic carbocycles. The van der Waals surface area contributed by atoms with Gasteiger partial charge in [-0.15, -0.1) is 0 Å². The molecule has 12 heteroatoms. The Morgan fingerprint density at radius 3 is 2.68 bits per heavy atom. The number of carboxylic acids is 1. The molecule has 5 aromatic rings. The summed E-state index contributed by atoms with van der Waals surface area (Å²) in [7, 11) is 0. The highest BCUT2D eigenvalue weighted by molar-refractivity contribution is 6.30. The van der Waals surface area contributed by atoms with Crippen LogP contribution in [0.25, 0.3) is 11.0 Å². The predicted molar refractivity (Wildman–Crippen MR) is 147 cm³/mol. The van der Waals surface area contributed by atoms with Gasteiger partial charge in [-0.2, -0.15) is 0 Å². The Morgan fingerprint density at radius 2 is 1.93 bits per heavy atom. The smallest absolute Gasteiger partial charge is 0.335 e. The number of aromatic nitrogens is 5. The summed E-state index contributed by atoms with van der Waals surface area (Å²) in [6.07, 6.45) is 7.83. The van der Waals surface area contributed by atoms with Gasteiger partial charge in [0.1, 0.15) is 30.2 Å². The van der Waals surface area contributed by atoms with Gasteiger partial charge in [-0.05, 0) is 56.3 Å². The SMILES string of the molecule is O=C(O)c1ccc2nc(CN3CCC(c4nccnc4OCc4ccc(Cl)cc4F)CC3)n(Cc3cocn3)c2c1. The van der Waals surface area contributed by atoms with E-state index in [1.54, 1.807) is 49.0 Å². The number of halogens is 2. The van der Waals surface area contributed by atoms with Gasteiger partial charge in [-0.3, -0.25) is 9.88 Å². The zero-order valence-corrected chi connectivity index (χ0v) is 22.7. The van der Waals surface area contributed by atoms with Crippen LogP contribution < -0.4 is 4.74 Å². The fourth-order valence-electron chi connectivity index (χ4n) is 5.16. The van der Waals surface area contributed by atoms with E-state index >= 15 is 0 Å². The number of likely N-dealkylation sites (tertiary alicyclic amines) is 1. The molecule has 3 aromatic heterocycles. The maximum absolute atomic E-state index is 14.2. The molecule has 1 aliphatic heterocycles. The molecule has 2 aromatic carbocycles. The van der Waals surface area contributed by atoms with Crippen molar-refractivity contribution in [3.63, 3.8) is 0 Å². The van der Waals surface area contributed by atoms with E-state index in [0.717, 1.165) is 54.2 Å². The first-order chi connectivity index (χ1) is 19.9. The van der Waals surface area contributed by atoms with Crippen LogP contribution in [-0.2, 0) is 19.7 Å². The Labute approximate surface area is 239 Å². The molecular formula is C29H26ClFN6O4.